The number of aryl methyl sites for hydroxylation is 1. The lowest BCUT2D eigenvalue weighted by Gasteiger charge is -2.23. The van der Waals surface area contributed by atoms with Crippen LogP contribution in [0.25, 0.3) is 0 Å². The minimum atomic E-state index is -1.06. The number of allylic oxidation sites excluding steroid dienone is 2. The van der Waals surface area contributed by atoms with Gasteiger partial charge in [0.1, 0.15) is 6.04 Å². The van der Waals surface area contributed by atoms with Gasteiger partial charge in [0.25, 0.3) is 5.91 Å². The third-order valence-electron chi connectivity index (χ3n) is 5.52. The predicted octanol–water partition coefficient (Wildman–Crippen LogP) is 1.88. The van der Waals surface area contributed by atoms with Crippen LogP contribution in [0.3, 0.4) is 0 Å². The molecule has 7 heteroatoms. The highest BCUT2D eigenvalue weighted by atomic mass is 16.5. The van der Waals surface area contributed by atoms with Crippen molar-refractivity contribution in [1.82, 2.24) is 10.2 Å². The summed E-state index contributed by atoms with van der Waals surface area (Å²) in [6.45, 7) is 5.22. The van der Waals surface area contributed by atoms with Gasteiger partial charge in [-0.1, -0.05) is 42.0 Å². The fourth-order valence-electron chi connectivity index (χ4n) is 3.68. The molecule has 1 aliphatic heterocycles. The van der Waals surface area contributed by atoms with Crippen LogP contribution < -0.4 is 5.32 Å². The fourth-order valence-corrected chi connectivity index (χ4v) is 3.68. The van der Waals surface area contributed by atoms with Crippen LogP contribution in [0.4, 0.5) is 0 Å². The summed E-state index contributed by atoms with van der Waals surface area (Å²) in [5.41, 5.74) is 2.05. The summed E-state index contributed by atoms with van der Waals surface area (Å²) in [6.07, 6.45) is 3.75. The van der Waals surface area contributed by atoms with E-state index in [1.54, 1.807) is 0 Å². The first-order valence-corrected chi connectivity index (χ1v) is 9.85. The monoisotopic (exact) mass is 398 g/mol. The number of hydrogen-bond acceptors (Lipinski definition) is 5. The molecule has 0 radical (unpaired) electrons. The third kappa shape index (κ3) is 4.39. The second-order valence-electron chi connectivity index (χ2n) is 7.66. The number of esters is 1. The molecule has 0 spiro atoms. The molecule has 3 amide bonds. The molecule has 7 nitrogen and oxygen atoms in total. The van der Waals surface area contributed by atoms with Crippen LogP contribution in [0.5, 0.6) is 0 Å². The van der Waals surface area contributed by atoms with Crippen molar-refractivity contribution in [2.45, 2.75) is 52.3 Å². The topological polar surface area (TPSA) is 92.8 Å². The average Bonchev–Trinajstić information content (AvgIpc) is 2.97. The lowest BCUT2D eigenvalue weighted by Crippen LogP contribution is -2.46. The van der Waals surface area contributed by atoms with E-state index >= 15 is 0 Å². The van der Waals surface area contributed by atoms with Crippen LogP contribution >= 0.6 is 0 Å². The normalized spacial score (nSPS) is 22.8. The zero-order chi connectivity index (χ0) is 21.1. The van der Waals surface area contributed by atoms with Gasteiger partial charge in [0.15, 0.2) is 6.10 Å². The summed E-state index contributed by atoms with van der Waals surface area (Å²) in [4.78, 5) is 50.9. The van der Waals surface area contributed by atoms with E-state index < -0.39 is 35.9 Å². The number of carbonyl (C=O) groups excluding carboxylic acids is 4. The molecule has 1 saturated heterocycles. The maximum atomic E-state index is 12.6. The SMILES string of the molecule is Cc1ccc(CNC(=O)[C@@H](C)OC(=O)[C@H](C)N2C(=O)[C@H]3CC=CC[C@H]3C2=O)cc1. The minimum Gasteiger partial charge on any atom is -0.451 e. The molecule has 1 fully saturated rings. The average molecular weight is 398 g/mol. The number of nitrogens with one attached hydrogen (secondary N) is 1. The standard InChI is InChI=1S/C22H26N2O5/c1-13-8-10-16(11-9-13)12-23-19(25)15(3)29-22(28)14(2)24-20(26)17-6-4-5-7-18(17)21(24)27/h4-5,8-11,14-15,17-18H,6-7,12H2,1-3H3,(H,23,25)/t14-,15+,17-,18+/m0/s1. The second-order valence-corrected chi connectivity index (χ2v) is 7.66. The molecule has 29 heavy (non-hydrogen) atoms. The first-order chi connectivity index (χ1) is 13.8. The highest BCUT2D eigenvalue weighted by Gasteiger charge is 2.50. The van der Waals surface area contributed by atoms with Gasteiger partial charge >= 0.3 is 5.97 Å². The Balaban J connectivity index is 1.54. The van der Waals surface area contributed by atoms with Crippen LogP contribution in [-0.4, -0.2) is 40.7 Å². The second kappa shape index (κ2) is 8.59. The molecule has 1 aliphatic carbocycles. The van der Waals surface area contributed by atoms with Crippen molar-refractivity contribution in [3.05, 3.63) is 47.5 Å². The maximum Gasteiger partial charge on any atom is 0.329 e. The molecule has 2 aliphatic rings. The summed E-state index contributed by atoms with van der Waals surface area (Å²) in [5, 5.41) is 2.72. The van der Waals surface area contributed by atoms with E-state index in [-0.39, 0.29) is 11.8 Å². The molecule has 1 aromatic carbocycles. The van der Waals surface area contributed by atoms with Gasteiger partial charge in [-0.05, 0) is 39.2 Å². The highest BCUT2D eigenvalue weighted by molar-refractivity contribution is 6.08. The molecule has 0 unspecified atom stereocenters. The van der Waals surface area contributed by atoms with E-state index in [4.69, 9.17) is 4.74 Å². The summed E-state index contributed by atoms with van der Waals surface area (Å²) < 4.78 is 5.23. The fraction of sp³-hybridized carbons (Fsp3) is 0.455. The lowest BCUT2D eigenvalue weighted by atomic mass is 9.85. The van der Waals surface area contributed by atoms with E-state index in [0.717, 1.165) is 16.0 Å². The summed E-state index contributed by atoms with van der Waals surface area (Å²) >= 11 is 0. The minimum absolute atomic E-state index is 0.315. The molecule has 3 rings (SSSR count). The van der Waals surface area contributed by atoms with Crippen LogP contribution in [0.2, 0.25) is 0 Å². The lowest BCUT2D eigenvalue weighted by molar-refractivity contribution is -0.164. The zero-order valence-electron chi connectivity index (χ0n) is 16.9. The number of likely N-dealkylation sites (tertiary alicyclic amines) is 1. The largest absolute Gasteiger partial charge is 0.451 e. The number of fused-ring (bicyclic) bond motifs is 1. The van der Waals surface area contributed by atoms with Gasteiger partial charge in [-0.3, -0.25) is 19.3 Å². The van der Waals surface area contributed by atoms with Gasteiger partial charge in [-0.25, -0.2) is 4.79 Å². The van der Waals surface area contributed by atoms with Gasteiger partial charge in [0.05, 0.1) is 11.8 Å². The Morgan fingerprint density at radius 1 is 1.07 bits per heavy atom. The number of amides is 3. The highest BCUT2D eigenvalue weighted by Crippen LogP contribution is 2.36. The number of ether oxygens (including phenoxy) is 1. The van der Waals surface area contributed by atoms with Gasteiger partial charge in [0.2, 0.25) is 11.8 Å². The zero-order valence-corrected chi connectivity index (χ0v) is 16.9. The van der Waals surface area contributed by atoms with Crippen molar-refractivity contribution in [3.63, 3.8) is 0 Å². The van der Waals surface area contributed by atoms with Crippen molar-refractivity contribution in [2.24, 2.45) is 11.8 Å². The van der Waals surface area contributed by atoms with Crippen LogP contribution in [0, 0.1) is 18.8 Å². The Morgan fingerprint density at radius 2 is 1.62 bits per heavy atom. The molecule has 0 aromatic heterocycles. The Kier molecular flexibility index (Phi) is 6.15. The molecule has 4 atom stereocenters. The number of imide groups is 1. The Bertz CT molecular complexity index is 819. The quantitative estimate of drug-likeness (QED) is 0.449. The van der Waals surface area contributed by atoms with E-state index in [0.29, 0.717) is 19.4 Å². The van der Waals surface area contributed by atoms with Gasteiger partial charge < -0.3 is 10.1 Å². The number of rotatable bonds is 6. The predicted molar refractivity (Wildman–Crippen MR) is 105 cm³/mol. The van der Waals surface area contributed by atoms with Crippen molar-refractivity contribution in [1.29, 1.82) is 0 Å². The maximum absolute atomic E-state index is 12.6. The molecule has 0 bridgehead atoms. The van der Waals surface area contributed by atoms with E-state index in [2.05, 4.69) is 5.32 Å². The Hall–Kier alpha value is -2.96. The van der Waals surface area contributed by atoms with Gasteiger partial charge in [0, 0.05) is 6.54 Å². The van der Waals surface area contributed by atoms with Crippen molar-refractivity contribution >= 4 is 23.7 Å². The molecule has 1 N–H and O–H groups in total. The van der Waals surface area contributed by atoms with Crippen LogP contribution in [0.1, 0.15) is 37.8 Å². The summed E-state index contributed by atoms with van der Waals surface area (Å²) in [7, 11) is 0. The Morgan fingerprint density at radius 3 is 2.17 bits per heavy atom. The summed E-state index contributed by atoms with van der Waals surface area (Å²) in [6, 6.07) is 6.65. The van der Waals surface area contributed by atoms with Crippen molar-refractivity contribution < 1.29 is 23.9 Å². The first-order valence-electron chi connectivity index (χ1n) is 9.85. The molecule has 1 aromatic rings. The number of benzene rings is 1. The number of carbonyl (C=O) groups is 4. The molecule has 0 saturated carbocycles. The number of hydrogen-bond donors (Lipinski definition) is 1. The smallest absolute Gasteiger partial charge is 0.329 e. The van der Waals surface area contributed by atoms with Crippen molar-refractivity contribution in [3.8, 4) is 0 Å². The van der Waals surface area contributed by atoms with E-state index in [1.165, 1.54) is 13.8 Å². The molecule has 1 heterocycles. The van der Waals surface area contributed by atoms with Crippen molar-refractivity contribution in [2.75, 3.05) is 0 Å². The molecule has 154 valence electrons. The number of nitrogens with zero attached hydrogens (tertiary/aromatic N) is 1. The first kappa shape index (κ1) is 20.8. The van der Waals surface area contributed by atoms with E-state index in [1.807, 2.05) is 43.3 Å². The van der Waals surface area contributed by atoms with Crippen LogP contribution in [-0.2, 0) is 30.5 Å². The third-order valence-corrected chi connectivity index (χ3v) is 5.52. The summed E-state index contributed by atoms with van der Waals surface area (Å²) in [5.74, 6) is -2.70. The van der Waals surface area contributed by atoms with E-state index in [9.17, 15) is 19.2 Å². The molecular formula is C22H26N2O5. The van der Waals surface area contributed by atoms with Gasteiger partial charge in [-0.15, -0.1) is 0 Å². The Labute approximate surface area is 170 Å². The van der Waals surface area contributed by atoms with Crippen LogP contribution in [0.15, 0.2) is 36.4 Å². The van der Waals surface area contributed by atoms with Gasteiger partial charge in [-0.2, -0.15) is 0 Å². The molecular weight excluding hydrogens is 372 g/mol.